The van der Waals surface area contributed by atoms with E-state index in [4.69, 9.17) is 4.74 Å². The first-order chi connectivity index (χ1) is 11.3. The molecule has 118 valence electrons. The first-order valence-corrected chi connectivity index (χ1v) is 8.11. The van der Waals surface area contributed by atoms with Gasteiger partial charge >= 0.3 is 0 Å². The van der Waals surface area contributed by atoms with E-state index < -0.39 is 0 Å². The Hall–Kier alpha value is -2.44. The van der Waals surface area contributed by atoms with E-state index in [1.54, 1.807) is 24.5 Å². The maximum Gasteiger partial charge on any atom is 0.271 e. The number of aromatic nitrogens is 2. The SMILES string of the molecule is COC(CNC(=O)c1cc(-c2cccs2)[nH]n1)c1ccccc1. The normalized spacial score (nSPS) is 12.0. The highest BCUT2D eigenvalue weighted by Gasteiger charge is 2.15. The molecule has 0 saturated carbocycles. The van der Waals surface area contributed by atoms with E-state index in [-0.39, 0.29) is 12.0 Å². The van der Waals surface area contributed by atoms with Crippen molar-refractivity contribution in [1.29, 1.82) is 0 Å². The molecule has 0 aliphatic heterocycles. The second-order valence-corrected chi connectivity index (χ2v) is 5.94. The highest BCUT2D eigenvalue weighted by molar-refractivity contribution is 7.13. The molecule has 2 aromatic heterocycles. The van der Waals surface area contributed by atoms with E-state index in [1.807, 2.05) is 47.8 Å². The minimum absolute atomic E-state index is 0.184. The topological polar surface area (TPSA) is 67.0 Å². The molecule has 0 fully saturated rings. The van der Waals surface area contributed by atoms with Crippen LogP contribution in [0.4, 0.5) is 0 Å². The van der Waals surface area contributed by atoms with Crippen LogP contribution in [0, 0.1) is 0 Å². The molecule has 0 aliphatic rings. The van der Waals surface area contributed by atoms with Gasteiger partial charge in [-0.1, -0.05) is 36.4 Å². The van der Waals surface area contributed by atoms with Gasteiger partial charge in [0.25, 0.3) is 5.91 Å². The summed E-state index contributed by atoms with van der Waals surface area (Å²) in [4.78, 5) is 13.3. The smallest absolute Gasteiger partial charge is 0.271 e. The number of carbonyl (C=O) groups excluding carboxylic acids is 1. The fraction of sp³-hybridized carbons (Fsp3) is 0.176. The molecule has 0 radical (unpaired) electrons. The van der Waals surface area contributed by atoms with E-state index in [0.29, 0.717) is 12.2 Å². The van der Waals surface area contributed by atoms with Gasteiger partial charge in [-0.3, -0.25) is 9.89 Å². The van der Waals surface area contributed by atoms with Crippen LogP contribution in [0.15, 0.2) is 53.9 Å². The van der Waals surface area contributed by atoms with Gasteiger partial charge in [0.1, 0.15) is 0 Å². The zero-order valence-electron chi connectivity index (χ0n) is 12.7. The van der Waals surface area contributed by atoms with Crippen molar-refractivity contribution >= 4 is 17.2 Å². The summed E-state index contributed by atoms with van der Waals surface area (Å²) >= 11 is 1.60. The monoisotopic (exact) mass is 327 g/mol. The number of rotatable bonds is 6. The van der Waals surface area contributed by atoms with Crippen LogP contribution < -0.4 is 5.32 Å². The summed E-state index contributed by atoms with van der Waals surface area (Å²) in [6, 6.07) is 15.5. The third-order valence-electron chi connectivity index (χ3n) is 3.50. The fourth-order valence-corrected chi connectivity index (χ4v) is 2.97. The van der Waals surface area contributed by atoms with Crippen molar-refractivity contribution in [3.63, 3.8) is 0 Å². The predicted octanol–water partition coefficient (Wildman–Crippen LogP) is 3.26. The number of ether oxygens (including phenoxy) is 1. The predicted molar refractivity (Wildman–Crippen MR) is 90.4 cm³/mol. The van der Waals surface area contributed by atoms with Crippen LogP contribution in [-0.4, -0.2) is 29.8 Å². The summed E-state index contributed by atoms with van der Waals surface area (Å²) < 4.78 is 5.45. The van der Waals surface area contributed by atoms with Gasteiger partial charge in [0.2, 0.25) is 0 Å². The molecule has 1 amide bonds. The Morgan fingerprint density at radius 2 is 2.13 bits per heavy atom. The molecule has 6 heteroatoms. The summed E-state index contributed by atoms with van der Waals surface area (Å²) in [5, 5.41) is 11.8. The number of thiophene rings is 1. The molecule has 0 bridgehead atoms. The van der Waals surface area contributed by atoms with E-state index in [2.05, 4.69) is 15.5 Å². The number of hydrogen-bond donors (Lipinski definition) is 2. The van der Waals surface area contributed by atoms with Crippen LogP contribution in [0.3, 0.4) is 0 Å². The van der Waals surface area contributed by atoms with Crippen LogP contribution in [-0.2, 0) is 4.74 Å². The Kier molecular flexibility index (Phi) is 4.85. The quantitative estimate of drug-likeness (QED) is 0.730. The first-order valence-electron chi connectivity index (χ1n) is 7.23. The summed E-state index contributed by atoms with van der Waals surface area (Å²) in [6.45, 7) is 0.389. The van der Waals surface area contributed by atoms with Crippen molar-refractivity contribution in [3.8, 4) is 10.6 Å². The van der Waals surface area contributed by atoms with Gasteiger partial charge in [0.05, 0.1) is 16.7 Å². The number of amides is 1. The van der Waals surface area contributed by atoms with Crippen LogP contribution in [0.25, 0.3) is 10.6 Å². The molecule has 3 rings (SSSR count). The number of carbonyl (C=O) groups is 1. The van der Waals surface area contributed by atoms with Gasteiger partial charge in [-0.2, -0.15) is 5.10 Å². The van der Waals surface area contributed by atoms with Crippen molar-refractivity contribution < 1.29 is 9.53 Å². The second kappa shape index (κ2) is 7.21. The van der Waals surface area contributed by atoms with Crippen molar-refractivity contribution in [2.24, 2.45) is 0 Å². The second-order valence-electron chi connectivity index (χ2n) is 4.99. The van der Waals surface area contributed by atoms with Crippen LogP contribution in [0.5, 0.6) is 0 Å². The van der Waals surface area contributed by atoms with Crippen molar-refractivity contribution in [2.45, 2.75) is 6.10 Å². The maximum absolute atomic E-state index is 12.2. The average molecular weight is 327 g/mol. The summed E-state index contributed by atoms with van der Waals surface area (Å²) in [5.74, 6) is -0.220. The summed E-state index contributed by atoms with van der Waals surface area (Å²) in [6.07, 6.45) is -0.184. The standard InChI is InChI=1S/C17H17N3O2S/c1-22-15(12-6-3-2-4-7-12)11-18-17(21)14-10-13(19-20-14)16-8-5-9-23-16/h2-10,15H,11H2,1H3,(H,18,21)(H,19,20). The van der Waals surface area contributed by atoms with E-state index in [0.717, 1.165) is 16.1 Å². The van der Waals surface area contributed by atoms with Gasteiger partial charge in [0.15, 0.2) is 5.69 Å². The highest BCUT2D eigenvalue weighted by atomic mass is 32.1. The Bertz CT molecular complexity index is 753. The molecule has 0 spiro atoms. The van der Waals surface area contributed by atoms with Crippen LogP contribution >= 0.6 is 11.3 Å². The molecular weight excluding hydrogens is 310 g/mol. The lowest BCUT2D eigenvalue weighted by Gasteiger charge is -2.16. The van der Waals surface area contributed by atoms with Crippen LogP contribution in [0.1, 0.15) is 22.2 Å². The van der Waals surface area contributed by atoms with E-state index >= 15 is 0 Å². The Morgan fingerprint density at radius 1 is 1.30 bits per heavy atom. The molecule has 1 atom stereocenters. The molecule has 2 heterocycles. The third-order valence-corrected chi connectivity index (χ3v) is 4.40. The average Bonchev–Trinajstić information content (AvgIpc) is 3.27. The highest BCUT2D eigenvalue weighted by Crippen LogP contribution is 2.23. The van der Waals surface area contributed by atoms with Gasteiger partial charge in [-0.15, -0.1) is 11.3 Å². The molecule has 3 aromatic rings. The zero-order chi connectivity index (χ0) is 16.1. The Labute approximate surface area is 138 Å². The lowest BCUT2D eigenvalue weighted by atomic mass is 10.1. The van der Waals surface area contributed by atoms with Gasteiger partial charge in [0, 0.05) is 13.7 Å². The maximum atomic E-state index is 12.2. The van der Waals surface area contributed by atoms with E-state index in [1.165, 1.54) is 0 Å². The molecule has 2 N–H and O–H groups in total. The lowest BCUT2D eigenvalue weighted by Crippen LogP contribution is -2.29. The van der Waals surface area contributed by atoms with Gasteiger partial charge in [-0.05, 0) is 23.1 Å². The number of nitrogens with zero attached hydrogens (tertiary/aromatic N) is 1. The molecule has 5 nitrogen and oxygen atoms in total. The summed E-state index contributed by atoms with van der Waals surface area (Å²) in [5.41, 5.74) is 2.24. The number of H-pyrrole nitrogens is 1. The number of aromatic amines is 1. The third kappa shape index (κ3) is 3.67. The lowest BCUT2D eigenvalue weighted by molar-refractivity contribution is 0.0824. The molecule has 1 aromatic carbocycles. The minimum Gasteiger partial charge on any atom is -0.375 e. The van der Waals surface area contributed by atoms with Crippen molar-refractivity contribution in [3.05, 3.63) is 65.2 Å². The van der Waals surface area contributed by atoms with Crippen molar-refractivity contribution in [1.82, 2.24) is 15.5 Å². The number of methoxy groups -OCH3 is 1. The van der Waals surface area contributed by atoms with Crippen LogP contribution in [0.2, 0.25) is 0 Å². The molecule has 0 saturated heterocycles. The first kappa shape index (κ1) is 15.5. The molecular formula is C17H17N3O2S. The van der Waals surface area contributed by atoms with E-state index in [9.17, 15) is 4.79 Å². The fourth-order valence-electron chi connectivity index (χ4n) is 2.28. The van der Waals surface area contributed by atoms with Gasteiger partial charge in [-0.25, -0.2) is 0 Å². The minimum atomic E-state index is -0.220. The summed E-state index contributed by atoms with van der Waals surface area (Å²) in [7, 11) is 1.63. The largest absolute Gasteiger partial charge is 0.375 e. The van der Waals surface area contributed by atoms with Gasteiger partial charge < -0.3 is 10.1 Å². The molecule has 23 heavy (non-hydrogen) atoms. The Morgan fingerprint density at radius 3 is 2.83 bits per heavy atom. The number of nitrogens with one attached hydrogen (secondary N) is 2. The Balaban J connectivity index is 1.63. The molecule has 0 aliphatic carbocycles. The molecule has 1 unspecified atom stereocenters. The number of hydrogen-bond acceptors (Lipinski definition) is 4. The number of benzene rings is 1. The zero-order valence-corrected chi connectivity index (χ0v) is 13.5. The van der Waals surface area contributed by atoms with Crippen molar-refractivity contribution in [2.75, 3.05) is 13.7 Å².